The van der Waals surface area contributed by atoms with E-state index in [4.69, 9.17) is 14.5 Å². The maximum absolute atomic E-state index is 13.0. The topological polar surface area (TPSA) is 54.4 Å². The average Bonchev–Trinajstić information content (AvgIpc) is 3.00. The molecule has 3 aromatic carbocycles. The van der Waals surface area contributed by atoms with E-state index in [0.29, 0.717) is 26.1 Å². The van der Waals surface area contributed by atoms with Gasteiger partial charge in [0.1, 0.15) is 23.0 Å². The van der Waals surface area contributed by atoms with Gasteiger partial charge in [-0.05, 0) is 42.8 Å². The minimum absolute atomic E-state index is 0.0612. The van der Waals surface area contributed by atoms with Crippen molar-refractivity contribution in [3.63, 3.8) is 0 Å². The summed E-state index contributed by atoms with van der Waals surface area (Å²) in [7, 11) is 1.66. The Kier molecular flexibility index (Phi) is 5.73. The normalized spacial score (nSPS) is 17.3. The minimum atomic E-state index is 0.0612. The number of carbonyl (C=O) groups excluding carboxylic acids is 1. The first kappa shape index (κ1) is 21.1. The van der Waals surface area contributed by atoms with Gasteiger partial charge in [0.05, 0.1) is 19.1 Å². The van der Waals surface area contributed by atoms with Gasteiger partial charge in [0.2, 0.25) is 5.91 Å². The molecule has 0 spiro atoms. The van der Waals surface area contributed by atoms with Crippen LogP contribution in [-0.4, -0.2) is 54.3 Å². The second kappa shape index (κ2) is 8.98. The van der Waals surface area contributed by atoms with E-state index >= 15 is 0 Å². The van der Waals surface area contributed by atoms with Crippen molar-refractivity contribution in [2.45, 2.75) is 19.4 Å². The van der Waals surface area contributed by atoms with Gasteiger partial charge < -0.3 is 19.3 Å². The Morgan fingerprint density at radius 3 is 2.61 bits per heavy atom. The first-order valence-electron chi connectivity index (χ1n) is 11.2. The van der Waals surface area contributed by atoms with Gasteiger partial charge in [0.15, 0.2) is 5.75 Å². The third-order valence-electron chi connectivity index (χ3n) is 6.18. The molecule has 0 radical (unpaired) electrons. The van der Waals surface area contributed by atoms with Crippen molar-refractivity contribution >= 4 is 17.4 Å². The highest BCUT2D eigenvalue weighted by Crippen LogP contribution is 2.39. The molecule has 0 aliphatic carbocycles. The van der Waals surface area contributed by atoms with Crippen molar-refractivity contribution in [2.24, 2.45) is 4.99 Å². The lowest BCUT2D eigenvalue weighted by Crippen LogP contribution is -2.55. The molecule has 2 aliphatic rings. The van der Waals surface area contributed by atoms with Crippen LogP contribution >= 0.6 is 0 Å². The number of nitrogens with zero attached hydrogens (tertiary/aromatic N) is 3. The summed E-state index contributed by atoms with van der Waals surface area (Å²) < 4.78 is 11.7. The summed E-state index contributed by atoms with van der Waals surface area (Å²) in [4.78, 5) is 22.2. The van der Waals surface area contributed by atoms with Crippen LogP contribution in [0, 0.1) is 0 Å². The van der Waals surface area contributed by atoms with E-state index in [2.05, 4.69) is 11.8 Å². The number of carbonyl (C=O) groups is 1. The van der Waals surface area contributed by atoms with Crippen molar-refractivity contribution in [3.05, 3.63) is 83.9 Å². The Labute approximate surface area is 194 Å². The number of methoxy groups -OCH3 is 1. The number of hydrogen-bond acceptors (Lipinski definition) is 5. The van der Waals surface area contributed by atoms with Crippen LogP contribution in [0.3, 0.4) is 0 Å². The molecule has 0 N–H and O–H groups in total. The van der Waals surface area contributed by atoms with Crippen molar-refractivity contribution in [2.75, 3.05) is 26.7 Å². The Morgan fingerprint density at radius 1 is 1.03 bits per heavy atom. The molecule has 1 amide bonds. The molecule has 1 unspecified atom stereocenters. The number of para-hydroxylation sites is 2. The number of benzene rings is 3. The van der Waals surface area contributed by atoms with E-state index in [1.165, 1.54) is 0 Å². The summed E-state index contributed by atoms with van der Waals surface area (Å²) in [6.45, 7) is 4.14. The molecule has 2 aliphatic heterocycles. The molecule has 3 aromatic rings. The lowest BCUT2D eigenvalue weighted by Gasteiger charge is -2.41. The maximum atomic E-state index is 13.0. The van der Waals surface area contributed by atoms with E-state index in [1.54, 1.807) is 7.11 Å². The van der Waals surface area contributed by atoms with Gasteiger partial charge in [-0.2, -0.15) is 0 Å². The fourth-order valence-electron chi connectivity index (χ4n) is 4.46. The molecular formula is C27H27N3O3. The SMILES string of the molecule is COc1ccc2c(c1)C(N1CCN(C(=O)Cc3ccccc3)C(C)C1)=Nc1ccccc1O2. The van der Waals surface area contributed by atoms with Crippen LogP contribution in [-0.2, 0) is 11.2 Å². The van der Waals surface area contributed by atoms with Gasteiger partial charge in [-0.15, -0.1) is 0 Å². The Hall–Kier alpha value is -3.80. The maximum Gasteiger partial charge on any atom is 0.227 e. The van der Waals surface area contributed by atoms with Crippen molar-refractivity contribution < 1.29 is 14.3 Å². The summed E-state index contributed by atoms with van der Waals surface area (Å²) in [5.41, 5.74) is 2.72. The van der Waals surface area contributed by atoms with Gasteiger partial charge in [-0.1, -0.05) is 42.5 Å². The molecule has 1 atom stereocenters. The van der Waals surface area contributed by atoms with Crippen LogP contribution in [0.1, 0.15) is 18.1 Å². The smallest absolute Gasteiger partial charge is 0.227 e. The molecule has 6 heteroatoms. The molecule has 1 fully saturated rings. The molecular weight excluding hydrogens is 414 g/mol. The van der Waals surface area contributed by atoms with Crippen LogP contribution in [0.15, 0.2) is 77.8 Å². The number of rotatable bonds is 3. The van der Waals surface area contributed by atoms with Crippen molar-refractivity contribution in [3.8, 4) is 17.2 Å². The highest BCUT2D eigenvalue weighted by molar-refractivity contribution is 6.04. The number of fused-ring (bicyclic) bond motifs is 2. The van der Waals surface area contributed by atoms with Gasteiger partial charge in [0, 0.05) is 25.7 Å². The number of amidine groups is 1. The largest absolute Gasteiger partial charge is 0.497 e. The number of hydrogen-bond donors (Lipinski definition) is 0. The van der Waals surface area contributed by atoms with Gasteiger partial charge in [-0.25, -0.2) is 4.99 Å². The standard InChI is InChI=1S/C27H27N3O3/c1-19-18-29(14-15-30(19)26(31)16-20-8-4-3-5-9-20)27-22-17-21(32-2)12-13-24(22)33-25-11-7-6-10-23(25)28-27/h3-13,17,19H,14-16,18H2,1-2H3. The second-order valence-corrected chi connectivity index (χ2v) is 8.41. The molecule has 0 saturated carbocycles. The van der Waals surface area contributed by atoms with Gasteiger partial charge in [-0.3, -0.25) is 4.79 Å². The number of ether oxygens (including phenoxy) is 2. The Bertz CT molecular complexity index is 1190. The third-order valence-corrected chi connectivity index (χ3v) is 6.18. The number of piperazine rings is 1. The third kappa shape index (κ3) is 4.29. The Morgan fingerprint density at radius 2 is 1.82 bits per heavy atom. The fourth-order valence-corrected chi connectivity index (χ4v) is 4.46. The highest BCUT2D eigenvalue weighted by atomic mass is 16.5. The summed E-state index contributed by atoms with van der Waals surface area (Å²) in [5.74, 6) is 3.22. The van der Waals surface area contributed by atoms with Crippen molar-refractivity contribution in [1.29, 1.82) is 0 Å². The van der Waals surface area contributed by atoms with Crippen LogP contribution in [0.2, 0.25) is 0 Å². The van der Waals surface area contributed by atoms with E-state index < -0.39 is 0 Å². The molecule has 2 heterocycles. The molecule has 168 valence electrons. The zero-order chi connectivity index (χ0) is 22.8. The predicted molar refractivity (Wildman–Crippen MR) is 129 cm³/mol. The average molecular weight is 442 g/mol. The van der Waals surface area contributed by atoms with Gasteiger partial charge in [0.25, 0.3) is 0 Å². The zero-order valence-electron chi connectivity index (χ0n) is 18.9. The molecule has 33 heavy (non-hydrogen) atoms. The van der Waals surface area contributed by atoms with E-state index in [-0.39, 0.29) is 11.9 Å². The van der Waals surface area contributed by atoms with Crippen LogP contribution in [0.4, 0.5) is 5.69 Å². The number of amides is 1. The summed E-state index contributed by atoms with van der Waals surface area (Å²) in [6.07, 6.45) is 0.424. The minimum Gasteiger partial charge on any atom is -0.497 e. The lowest BCUT2D eigenvalue weighted by atomic mass is 10.1. The predicted octanol–water partition coefficient (Wildman–Crippen LogP) is 4.65. The molecule has 1 saturated heterocycles. The number of aliphatic imine (C=N–C) groups is 1. The first-order chi connectivity index (χ1) is 16.1. The molecule has 0 bridgehead atoms. The first-order valence-corrected chi connectivity index (χ1v) is 11.2. The highest BCUT2D eigenvalue weighted by Gasteiger charge is 2.31. The van der Waals surface area contributed by atoms with E-state index in [0.717, 1.165) is 39.9 Å². The molecule has 5 rings (SSSR count). The van der Waals surface area contributed by atoms with Crippen LogP contribution in [0.5, 0.6) is 17.2 Å². The van der Waals surface area contributed by atoms with Gasteiger partial charge >= 0.3 is 0 Å². The van der Waals surface area contributed by atoms with E-state index in [9.17, 15) is 4.79 Å². The molecule has 0 aromatic heterocycles. The lowest BCUT2D eigenvalue weighted by molar-refractivity contribution is -0.134. The monoisotopic (exact) mass is 441 g/mol. The van der Waals surface area contributed by atoms with E-state index in [1.807, 2.05) is 77.7 Å². The Balaban J connectivity index is 1.42. The second-order valence-electron chi connectivity index (χ2n) is 8.41. The van der Waals surface area contributed by atoms with Crippen LogP contribution < -0.4 is 9.47 Å². The zero-order valence-corrected chi connectivity index (χ0v) is 18.9. The molecule has 6 nitrogen and oxygen atoms in total. The fraction of sp³-hybridized carbons (Fsp3) is 0.259. The van der Waals surface area contributed by atoms with Crippen molar-refractivity contribution in [1.82, 2.24) is 9.80 Å². The summed E-state index contributed by atoms with van der Waals surface area (Å²) >= 11 is 0. The summed E-state index contributed by atoms with van der Waals surface area (Å²) in [5, 5.41) is 0. The van der Waals surface area contributed by atoms with Crippen LogP contribution in [0.25, 0.3) is 0 Å². The quantitative estimate of drug-likeness (QED) is 0.594. The summed E-state index contributed by atoms with van der Waals surface area (Å²) in [6, 6.07) is 23.6.